The third-order valence-electron chi connectivity index (χ3n) is 6.13. The standard InChI is InChI=1S/C23H31FN4O2/c1-23(2)9-7-17(8-10-23)16-30-21-20(24)15-25-22(27-21)26-18-3-5-19(6-4-18)28-11-13-29-14-12-28/h3-6,15,17H,7-14,16H2,1-2H3,(H,25,26,27). The summed E-state index contributed by atoms with van der Waals surface area (Å²) < 4.78 is 25.3. The van der Waals surface area contributed by atoms with Crippen LogP contribution in [0.15, 0.2) is 30.5 Å². The summed E-state index contributed by atoms with van der Waals surface area (Å²) in [6.45, 7) is 8.41. The molecule has 6 nitrogen and oxygen atoms in total. The second-order valence-electron chi connectivity index (χ2n) is 9.04. The third-order valence-corrected chi connectivity index (χ3v) is 6.13. The van der Waals surface area contributed by atoms with E-state index in [0.29, 0.717) is 23.9 Å². The lowest BCUT2D eigenvalue weighted by molar-refractivity contribution is 0.122. The van der Waals surface area contributed by atoms with Crippen LogP contribution in [0.2, 0.25) is 0 Å². The Morgan fingerprint density at radius 2 is 1.87 bits per heavy atom. The lowest BCUT2D eigenvalue weighted by atomic mass is 9.73. The van der Waals surface area contributed by atoms with Gasteiger partial charge in [-0.1, -0.05) is 13.8 Å². The molecule has 1 aliphatic heterocycles. The minimum atomic E-state index is -0.528. The van der Waals surface area contributed by atoms with Crippen LogP contribution in [0.4, 0.5) is 21.7 Å². The largest absolute Gasteiger partial charge is 0.475 e. The Morgan fingerprint density at radius 3 is 2.57 bits per heavy atom. The molecule has 0 atom stereocenters. The van der Waals surface area contributed by atoms with Crippen molar-refractivity contribution in [2.45, 2.75) is 39.5 Å². The van der Waals surface area contributed by atoms with Gasteiger partial charge in [-0.3, -0.25) is 0 Å². The summed E-state index contributed by atoms with van der Waals surface area (Å²) >= 11 is 0. The second-order valence-corrected chi connectivity index (χ2v) is 9.04. The molecule has 2 fully saturated rings. The second kappa shape index (κ2) is 9.16. The summed E-state index contributed by atoms with van der Waals surface area (Å²) in [6, 6.07) is 8.06. The minimum Gasteiger partial charge on any atom is -0.475 e. The smallest absolute Gasteiger partial charge is 0.255 e. The molecular formula is C23H31FN4O2. The van der Waals surface area contributed by atoms with Crippen molar-refractivity contribution in [3.05, 3.63) is 36.3 Å². The first-order valence-corrected chi connectivity index (χ1v) is 10.8. The molecule has 162 valence electrons. The van der Waals surface area contributed by atoms with Gasteiger partial charge in [0.15, 0.2) is 0 Å². The van der Waals surface area contributed by atoms with E-state index in [1.54, 1.807) is 0 Å². The molecule has 2 heterocycles. The first kappa shape index (κ1) is 20.8. The van der Waals surface area contributed by atoms with Gasteiger partial charge in [-0.15, -0.1) is 0 Å². The number of hydrogen-bond acceptors (Lipinski definition) is 6. The maximum absolute atomic E-state index is 14.2. The number of halogens is 1. The number of hydrogen-bond donors (Lipinski definition) is 1. The van der Waals surface area contributed by atoms with Crippen molar-refractivity contribution in [2.75, 3.05) is 43.1 Å². The van der Waals surface area contributed by atoms with E-state index in [1.165, 1.54) is 12.8 Å². The summed E-state index contributed by atoms with van der Waals surface area (Å²) in [7, 11) is 0. The molecule has 1 aliphatic carbocycles. The van der Waals surface area contributed by atoms with Crippen LogP contribution in [-0.2, 0) is 4.74 Å². The Balaban J connectivity index is 1.34. The zero-order chi connectivity index (χ0) is 21.0. The number of ether oxygens (including phenoxy) is 2. The van der Waals surface area contributed by atoms with E-state index in [-0.39, 0.29) is 5.88 Å². The molecular weight excluding hydrogens is 383 g/mol. The number of nitrogens with zero attached hydrogens (tertiary/aromatic N) is 3. The Morgan fingerprint density at radius 1 is 1.17 bits per heavy atom. The molecule has 0 amide bonds. The lowest BCUT2D eigenvalue weighted by Gasteiger charge is -2.34. The molecule has 7 heteroatoms. The highest BCUT2D eigenvalue weighted by Gasteiger charge is 2.27. The Kier molecular flexibility index (Phi) is 6.37. The van der Waals surface area contributed by atoms with Gasteiger partial charge in [0.05, 0.1) is 26.0 Å². The molecule has 2 aromatic rings. The van der Waals surface area contributed by atoms with Crippen LogP contribution in [0.1, 0.15) is 39.5 Å². The Bertz CT molecular complexity index is 828. The molecule has 0 radical (unpaired) electrons. The Labute approximate surface area is 177 Å². The SMILES string of the molecule is CC1(C)CCC(COc2nc(Nc3ccc(N4CCOCC4)cc3)ncc2F)CC1. The van der Waals surface area contributed by atoms with Gasteiger partial charge >= 0.3 is 0 Å². The highest BCUT2D eigenvalue weighted by Crippen LogP contribution is 2.38. The van der Waals surface area contributed by atoms with Crippen LogP contribution in [-0.4, -0.2) is 42.9 Å². The van der Waals surface area contributed by atoms with Crippen LogP contribution in [0, 0.1) is 17.2 Å². The van der Waals surface area contributed by atoms with Crippen LogP contribution in [0.25, 0.3) is 0 Å². The van der Waals surface area contributed by atoms with Crippen molar-refractivity contribution in [1.29, 1.82) is 0 Å². The Hall–Kier alpha value is -2.41. The van der Waals surface area contributed by atoms with E-state index in [2.05, 4.69) is 46.2 Å². The number of aromatic nitrogens is 2. The van der Waals surface area contributed by atoms with Crippen LogP contribution < -0.4 is 15.0 Å². The fourth-order valence-electron chi connectivity index (χ4n) is 4.04. The summed E-state index contributed by atoms with van der Waals surface area (Å²) in [6.07, 6.45) is 5.75. The first-order chi connectivity index (χ1) is 14.5. The number of rotatable bonds is 6. The van der Waals surface area contributed by atoms with E-state index >= 15 is 0 Å². The number of morpholine rings is 1. The van der Waals surface area contributed by atoms with Crippen LogP contribution in [0.3, 0.4) is 0 Å². The summed E-state index contributed by atoms with van der Waals surface area (Å²) in [5, 5.41) is 3.14. The maximum Gasteiger partial charge on any atom is 0.255 e. The van der Waals surface area contributed by atoms with E-state index in [1.807, 2.05) is 12.1 Å². The number of anilines is 3. The van der Waals surface area contributed by atoms with Gasteiger partial charge in [0.1, 0.15) is 0 Å². The van der Waals surface area contributed by atoms with E-state index in [0.717, 1.165) is 56.7 Å². The fraction of sp³-hybridized carbons (Fsp3) is 0.565. The van der Waals surface area contributed by atoms with Crippen LogP contribution >= 0.6 is 0 Å². The van der Waals surface area contributed by atoms with E-state index in [9.17, 15) is 4.39 Å². The first-order valence-electron chi connectivity index (χ1n) is 10.8. The van der Waals surface area contributed by atoms with Gasteiger partial charge in [0.2, 0.25) is 11.8 Å². The van der Waals surface area contributed by atoms with E-state index in [4.69, 9.17) is 9.47 Å². The molecule has 1 N–H and O–H groups in total. The molecule has 0 spiro atoms. The van der Waals surface area contributed by atoms with Crippen LogP contribution in [0.5, 0.6) is 5.88 Å². The average molecular weight is 415 g/mol. The van der Waals surface area contributed by atoms with Gasteiger partial charge in [0.25, 0.3) is 5.88 Å². The summed E-state index contributed by atoms with van der Waals surface area (Å²) in [5.41, 5.74) is 2.41. The predicted octanol–water partition coefficient (Wildman–Crippen LogP) is 4.79. The van der Waals surface area contributed by atoms with Crippen molar-refractivity contribution in [1.82, 2.24) is 9.97 Å². The zero-order valence-electron chi connectivity index (χ0n) is 17.9. The third kappa shape index (κ3) is 5.39. The molecule has 2 aliphatic rings. The molecule has 4 rings (SSSR count). The predicted molar refractivity (Wildman–Crippen MR) is 116 cm³/mol. The lowest BCUT2D eigenvalue weighted by Crippen LogP contribution is -2.36. The van der Waals surface area contributed by atoms with Gasteiger partial charge in [-0.25, -0.2) is 4.98 Å². The normalized spacial score (nSPS) is 19.5. The van der Waals surface area contributed by atoms with E-state index < -0.39 is 5.82 Å². The van der Waals surface area contributed by atoms with Crippen molar-refractivity contribution in [3.63, 3.8) is 0 Å². The molecule has 0 bridgehead atoms. The fourth-order valence-corrected chi connectivity index (χ4v) is 4.04. The summed E-state index contributed by atoms with van der Waals surface area (Å²) in [5.74, 6) is 0.272. The van der Waals surface area contributed by atoms with Gasteiger partial charge < -0.3 is 19.7 Å². The van der Waals surface area contributed by atoms with Crippen molar-refractivity contribution in [2.24, 2.45) is 11.3 Å². The highest BCUT2D eigenvalue weighted by molar-refractivity contribution is 5.59. The molecule has 30 heavy (non-hydrogen) atoms. The number of benzene rings is 1. The monoisotopic (exact) mass is 414 g/mol. The van der Waals surface area contributed by atoms with Gasteiger partial charge in [-0.05, 0) is 61.3 Å². The average Bonchev–Trinajstić information content (AvgIpc) is 2.76. The molecule has 1 aromatic heterocycles. The molecule has 1 aromatic carbocycles. The van der Waals surface area contributed by atoms with Gasteiger partial charge in [0, 0.05) is 24.5 Å². The van der Waals surface area contributed by atoms with Crippen molar-refractivity contribution >= 4 is 17.3 Å². The highest BCUT2D eigenvalue weighted by atomic mass is 19.1. The van der Waals surface area contributed by atoms with Crippen molar-refractivity contribution < 1.29 is 13.9 Å². The minimum absolute atomic E-state index is 0.0160. The van der Waals surface area contributed by atoms with Gasteiger partial charge in [-0.2, -0.15) is 9.37 Å². The quantitative estimate of drug-likeness (QED) is 0.733. The maximum atomic E-state index is 14.2. The molecule has 1 saturated carbocycles. The molecule has 0 unspecified atom stereocenters. The summed E-state index contributed by atoms with van der Waals surface area (Å²) in [4.78, 5) is 10.6. The zero-order valence-corrected chi connectivity index (χ0v) is 17.9. The van der Waals surface area contributed by atoms with Crippen molar-refractivity contribution in [3.8, 4) is 5.88 Å². The topological polar surface area (TPSA) is 59.5 Å². The number of nitrogens with one attached hydrogen (secondary N) is 1. The molecule has 1 saturated heterocycles.